The predicted molar refractivity (Wildman–Crippen MR) is 73.6 cm³/mol. The molecule has 1 aromatic carbocycles. The number of hydrogen-bond acceptors (Lipinski definition) is 4. The Kier molecular flexibility index (Phi) is 5.62. The van der Waals surface area contributed by atoms with E-state index >= 15 is 0 Å². The summed E-state index contributed by atoms with van der Waals surface area (Å²) in [6.07, 6.45) is 3.09. The van der Waals surface area contributed by atoms with Crippen molar-refractivity contribution in [2.75, 3.05) is 18.6 Å². The molecule has 0 spiro atoms. The van der Waals surface area contributed by atoms with Crippen molar-refractivity contribution in [3.05, 3.63) is 29.8 Å². The number of sulfone groups is 1. The first-order valence-corrected chi connectivity index (χ1v) is 8.12. The standard InChI is InChI=1S/C13H21NO3S/c1-11(14-9-10-18(2,16)17)3-4-12-5-7-13(15)8-6-12/h5-8,11,14-15H,3-4,9-10H2,1-2H3. The highest BCUT2D eigenvalue weighted by atomic mass is 32.2. The molecule has 1 rings (SSSR count). The maximum absolute atomic E-state index is 11.0. The fraction of sp³-hybridized carbons (Fsp3) is 0.538. The average Bonchev–Trinajstić information content (AvgIpc) is 2.26. The molecule has 0 saturated carbocycles. The van der Waals surface area contributed by atoms with Gasteiger partial charge in [0.05, 0.1) is 5.75 Å². The van der Waals surface area contributed by atoms with Crippen molar-refractivity contribution in [3.63, 3.8) is 0 Å². The first-order chi connectivity index (χ1) is 8.37. The van der Waals surface area contributed by atoms with Gasteiger partial charge >= 0.3 is 0 Å². The monoisotopic (exact) mass is 271 g/mol. The van der Waals surface area contributed by atoms with Crippen LogP contribution >= 0.6 is 0 Å². The predicted octanol–water partition coefficient (Wildman–Crippen LogP) is 1.35. The third-order valence-electron chi connectivity index (χ3n) is 2.77. The Labute approximate surface area is 109 Å². The van der Waals surface area contributed by atoms with Crippen LogP contribution in [-0.4, -0.2) is 38.1 Å². The summed E-state index contributed by atoms with van der Waals surface area (Å²) in [6, 6.07) is 7.44. The minimum atomic E-state index is -2.88. The Morgan fingerprint density at radius 2 is 1.89 bits per heavy atom. The van der Waals surface area contributed by atoms with Gasteiger partial charge in [-0.1, -0.05) is 12.1 Å². The molecule has 5 heteroatoms. The maximum atomic E-state index is 11.0. The van der Waals surface area contributed by atoms with Crippen LogP contribution in [0.1, 0.15) is 18.9 Å². The molecular weight excluding hydrogens is 250 g/mol. The highest BCUT2D eigenvalue weighted by molar-refractivity contribution is 7.90. The van der Waals surface area contributed by atoms with Crippen molar-refractivity contribution >= 4 is 9.84 Å². The van der Waals surface area contributed by atoms with Crippen LogP contribution in [0.3, 0.4) is 0 Å². The Bertz CT molecular complexity index is 454. The van der Waals surface area contributed by atoms with Crippen molar-refractivity contribution in [1.29, 1.82) is 0 Å². The van der Waals surface area contributed by atoms with Crippen LogP contribution in [0.2, 0.25) is 0 Å². The van der Waals surface area contributed by atoms with Gasteiger partial charge in [0.25, 0.3) is 0 Å². The fourth-order valence-electron chi connectivity index (χ4n) is 1.64. The van der Waals surface area contributed by atoms with E-state index in [1.807, 2.05) is 19.1 Å². The largest absolute Gasteiger partial charge is 0.508 e. The molecule has 0 aromatic heterocycles. The van der Waals surface area contributed by atoms with Gasteiger partial charge < -0.3 is 10.4 Å². The minimum Gasteiger partial charge on any atom is -0.508 e. The molecule has 0 aliphatic rings. The number of rotatable bonds is 7. The SMILES string of the molecule is CC(CCc1ccc(O)cc1)NCCS(C)(=O)=O. The van der Waals surface area contributed by atoms with E-state index in [0.717, 1.165) is 12.8 Å². The molecule has 18 heavy (non-hydrogen) atoms. The van der Waals surface area contributed by atoms with Gasteiger partial charge in [-0.3, -0.25) is 0 Å². The topological polar surface area (TPSA) is 66.4 Å². The first-order valence-electron chi connectivity index (χ1n) is 6.06. The molecule has 0 heterocycles. The summed E-state index contributed by atoms with van der Waals surface area (Å²) in [6.45, 7) is 2.54. The van der Waals surface area contributed by atoms with Crippen molar-refractivity contribution in [2.24, 2.45) is 0 Å². The highest BCUT2D eigenvalue weighted by Gasteiger charge is 2.05. The van der Waals surface area contributed by atoms with Gasteiger partial charge in [0.15, 0.2) is 0 Å². The molecule has 0 saturated heterocycles. The number of phenols is 1. The van der Waals surface area contributed by atoms with Crippen LogP contribution in [-0.2, 0) is 16.3 Å². The lowest BCUT2D eigenvalue weighted by Gasteiger charge is -2.13. The Hall–Kier alpha value is -1.07. The van der Waals surface area contributed by atoms with E-state index in [-0.39, 0.29) is 17.5 Å². The number of benzene rings is 1. The summed E-state index contributed by atoms with van der Waals surface area (Å²) in [5.74, 6) is 0.453. The molecule has 0 radical (unpaired) electrons. The van der Waals surface area contributed by atoms with E-state index < -0.39 is 9.84 Å². The zero-order chi connectivity index (χ0) is 13.6. The molecule has 1 atom stereocenters. The molecule has 102 valence electrons. The van der Waals surface area contributed by atoms with Crippen LogP contribution < -0.4 is 5.32 Å². The van der Waals surface area contributed by atoms with Crippen molar-refractivity contribution < 1.29 is 13.5 Å². The van der Waals surface area contributed by atoms with Crippen LogP contribution in [0.4, 0.5) is 0 Å². The second-order valence-corrected chi connectivity index (χ2v) is 6.95. The van der Waals surface area contributed by atoms with E-state index in [1.165, 1.54) is 11.8 Å². The normalized spacial score (nSPS) is 13.4. The maximum Gasteiger partial charge on any atom is 0.148 e. The summed E-state index contributed by atoms with van der Waals surface area (Å²) in [7, 11) is -2.88. The summed E-state index contributed by atoms with van der Waals surface area (Å²) in [5.41, 5.74) is 1.17. The van der Waals surface area contributed by atoms with Gasteiger partial charge in [-0.05, 0) is 37.5 Å². The van der Waals surface area contributed by atoms with Crippen molar-refractivity contribution in [2.45, 2.75) is 25.8 Å². The van der Waals surface area contributed by atoms with Gasteiger partial charge in [-0.2, -0.15) is 0 Å². The first kappa shape index (κ1) is 15.0. The zero-order valence-electron chi connectivity index (χ0n) is 10.9. The molecule has 0 aliphatic heterocycles. The molecule has 1 aromatic rings. The highest BCUT2D eigenvalue weighted by Crippen LogP contribution is 2.11. The summed E-state index contributed by atoms with van der Waals surface area (Å²) in [5, 5.41) is 12.3. The Morgan fingerprint density at radius 1 is 1.28 bits per heavy atom. The third kappa shape index (κ3) is 6.61. The van der Waals surface area contributed by atoms with E-state index in [0.29, 0.717) is 6.54 Å². The Morgan fingerprint density at radius 3 is 2.44 bits per heavy atom. The van der Waals surface area contributed by atoms with Crippen molar-refractivity contribution in [1.82, 2.24) is 5.32 Å². The number of nitrogens with one attached hydrogen (secondary N) is 1. The molecule has 0 aliphatic carbocycles. The molecule has 0 amide bonds. The van der Waals surface area contributed by atoms with Gasteiger partial charge in [0.1, 0.15) is 15.6 Å². The smallest absolute Gasteiger partial charge is 0.148 e. The Balaban J connectivity index is 2.24. The summed E-state index contributed by atoms with van der Waals surface area (Å²) < 4.78 is 21.9. The molecule has 1 unspecified atom stereocenters. The average molecular weight is 271 g/mol. The van der Waals surface area contributed by atoms with Gasteiger partial charge in [0, 0.05) is 18.8 Å². The molecule has 0 fully saturated rings. The fourth-order valence-corrected chi connectivity index (χ4v) is 2.13. The van der Waals surface area contributed by atoms with Gasteiger partial charge in [0.2, 0.25) is 0 Å². The van der Waals surface area contributed by atoms with E-state index in [9.17, 15) is 8.42 Å². The lowest BCUT2D eigenvalue weighted by atomic mass is 10.1. The number of phenolic OH excluding ortho intramolecular Hbond substituents is 1. The molecular formula is C13H21NO3S. The second-order valence-electron chi connectivity index (χ2n) is 4.69. The van der Waals surface area contributed by atoms with Crippen LogP contribution in [0, 0.1) is 0 Å². The summed E-state index contributed by atoms with van der Waals surface area (Å²) >= 11 is 0. The van der Waals surface area contributed by atoms with Gasteiger partial charge in [-0.15, -0.1) is 0 Å². The third-order valence-corrected chi connectivity index (χ3v) is 3.71. The van der Waals surface area contributed by atoms with E-state index in [1.54, 1.807) is 12.1 Å². The number of aryl methyl sites for hydroxylation is 1. The van der Waals surface area contributed by atoms with Gasteiger partial charge in [-0.25, -0.2) is 8.42 Å². The molecule has 0 bridgehead atoms. The van der Waals surface area contributed by atoms with Crippen LogP contribution in [0.5, 0.6) is 5.75 Å². The molecule has 2 N–H and O–H groups in total. The van der Waals surface area contributed by atoms with Crippen LogP contribution in [0.15, 0.2) is 24.3 Å². The number of aromatic hydroxyl groups is 1. The van der Waals surface area contributed by atoms with E-state index in [4.69, 9.17) is 5.11 Å². The summed E-state index contributed by atoms with van der Waals surface area (Å²) in [4.78, 5) is 0. The zero-order valence-corrected chi connectivity index (χ0v) is 11.7. The lowest BCUT2D eigenvalue weighted by Crippen LogP contribution is -2.31. The van der Waals surface area contributed by atoms with E-state index in [2.05, 4.69) is 5.32 Å². The van der Waals surface area contributed by atoms with Crippen LogP contribution in [0.25, 0.3) is 0 Å². The lowest BCUT2D eigenvalue weighted by molar-refractivity contribution is 0.475. The second kappa shape index (κ2) is 6.75. The van der Waals surface area contributed by atoms with Crippen molar-refractivity contribution in [3.8, 4) is 5.75 Å². The minimum absolute atomic E-state index is 0.177. The quantitative estimate of drug-likeness (QED) is 0.785. The number of hydrogen-bond donors (Lipinski definition) is 2. The molecule has 4 nitrogen and oxygen atoms in total.